The zero-order valence-electron chi connectivity index (χ0n) is 12.7. The van der Waals surface area contributed by atoms with Crippen LogP contribution in [0.3, 0.4) is 0 Å². The molecule has 0 bridgehead atoms. The van der Waals surface area contributed by atoms with Crippen molar-refractivity contribution >= 4 is 5.96 Å². The number of hydrogen-bond donors (Lipinski definition) is 1. The van der Waals surface area contributed by atoms with Gasteiger partial charge in [0.2, 0.25) is 0 Å². The molecule has 1 heterocycles. The summed E-state index contributed by atoms with van der Waals surface area (Å²) in [6, 6.07) is 0.498. The van der Waals surface area contributed by atoms with Crippen LogP contribution in [-0.4, -0.2) is 29.0 Å². The molecule has 0 amide bonds. The van der Waals surface area contributed by atoms with E-state index in [9.17, 15) is 0 Å². The first-order chi connectivity index (χ1) is 8.30. The van der Waals surface area contributed by atoms with Crippen LogP contribution < -0.4 is 5.73 Å². The third kappa shape index (κ3) is 2.24. The highest BCUT2D eigenvalue weighted by molar-refractivity contribution is 5.81. The highest BCUT2D eigenvalue weighted by Crippen LogP contribution is 2.48. The van der Waals surface area contributed by atoms with Crippen molar-refractivity contribution in [2.75, 3.05) is 6.54 Å². The molecule has 3 heteroatoms. The van der Waals surface area contributed by atoms with Gasteiger partial charge in [-0.25, -0.2) is 0 Å². The third-order valence-electron chi connectivity index (χ3n) is 4.76. The third-order valence-corrected chi connectivity index (χ3v) is 4.76. The van der Waals surface area contributed by atoms with Gasteiger partial charge in [0.05, 0.1) is 12.1 Å². The maximum Gasteiger partial charge on any atom is 0.192 e. The first kappa shape index (κ1) is 13.7. The Morgan fingerprint density at radius 1 is 1.44 bits per heavy atom. The lowest BCUT2D eigenvalue weighted by Crippen LogP contribution is -2.59. The monoisotopic (exact) mass is 251 g/mol. The largest absolute Gasteiger partial charge is 0.370 e. The van der Waals surface area contributed by atoms with Crippen molar-refractivity contribution in [1.29, 1.82) is 0 Å². The molecule has 0 aromatic heterocycles. The molecule has 0 saturated heterocycles. The zero-order valence-corrected chi connectivity index (χ0v) is 12.7. The summed E-state index contributed by atoms with van der Waals surface area (Å²) in [7, 11) is 0. The van der Waals surface area contributed by atoms with Gasteiger partial charge in [0.25, 0.3) is 0 Å². The lowest BCUT2D eigenvalue weighted by atomic mass is 9.63. The van der Waals surface area contributed by atoms with Crippen LogP contribution in [0, 0.1) is 11.3 Å². The summed E-state index contributed by atoms with van der Waals surface area (Å²) in [6.45, 7) is 12.6. The Balaban J connectivity index is 2.29. The summed E-state index contributed by atoms with van der Waals surface area (Å²) in [5, 5.41) is 0. The molecule has 2 rings (SSSR count). The molecule has 104 valence electrons. The molecular formula is C15H29N3. The van der Waals surface area contributed by atoms with Gasteiger partial charge in [0.1, 0.15) is 0 Å². The quantitative estimate of drug-likeness (QED) is 0.819. The van der Waals surface area contributed by atoms with E-state index in [1.165, 1.54) is 19.3 Å². The molecule has 1 saturated carbocycles. The van der Waals surface area contributed by atoms with Gasteiger partial charge in [-0.3, -0.25) is 4.99 Å². The molecule has 3 nitrogen and oxygen atoms in total. The fourth-order valence-electron chi connectivity index (χ4n) is 4.50. The van der Waals surface area contributed by atoms with Gasteiger partial charge in [-0.05, 0) is 43.9 Å². The van der Waals surface area contributed by atoms with Crippen molar-refractivity contribution in [3.05, 3.63) is 0 Å². The fourth-order valence-corrected chi connectivity index (χ4v) is 4.50. The van der Waals surface area contributed by atoms with E-state index in [-0.39, 0.29) is 5.54 Å². The Morgan fingerprint density at radius 2 is 2.11 bits per heavy atom. The van der Waals surface area contributed by atoms with Gasteiger partial charge in [-0.15, -0.1) is 0 Å². The van der Waals surface area contributed by atoms with Crippen LogP contribution in [0.25, 0.3) is 0 Å². The van der Waals surface area contributed by atoms with Gasteiger partial charge in [0, 0.05) is 6.04 Å². The molecule has 0 radical (unpaired) electrons. The SMILES string of the molecule is CCC(C)N1C(N)=NCC12CC(C)CC(C)(C)C2. The zero-order chi connectivity index (χ0) is 13.6. The van der Waals surface area contributed by atoms with E-state index in [1.807, 2.05) is 0 Å². The van der Waals surface area contributed by atoms with Crippen LogP contribution in [0.4, 0.5) is 0 Å². The van der Waals surface area contributed by atoms with Crippen molar-refractivity contribution < 1.29 is 0 Å². The van der Waals surface area contributed by atoms with Crippen molar-refractivity contribution in [2.24, 2.45) is 22.1 Å². The lowest BCUT2D eigenvalue weighted by Gasteiger charge is -2.52. The summed E-state index contributed by atoms with van der Waals surface area (Å²) in [5.74, 6) is 1.54. The highest BCUT2D eigenvalue weighted by atomic mass is 15.4. The summed E-state index contributed by atoms with van der Waals surface area (Å²) in [5.41, 5.74) is 6.77. The summed E-state index contributed by atoms with van der Waals surface area (Å²) < 4.78 is 0. The van der Waals surface area contributed by atoms with E-state index < -0.39 is 0 Å². The van der Waals surface area contributed by atoms with Crippen LogP contribution >= 0.6 is 0 Å². The number of rotatable bonds is 2. The Bertz CT molecular complexity index is 348. The van der Waals surface area contributed by atoms with Crippen LogP contribution in [-0.2, 0) is 0 Å². The van der Waals surface area contributed by atoms with E-state index in [0.717, 1.165) is 24.8 Å². The maximum absolute atomic E-state index is 6.17. The van der Waals surface area contributed by atoms with E-state index in [2.05, 4.69) is 44.5 Å². The summed E-state index contributed by atoms with van der Waals surface area (Å²) >= 11 is 0. The first-order valence-electron chi connectivity index (χ1n) is 7.39. The molecule has 1 aliphatic carbocycles. The molecule has 1 aliphatic heterocycles. The van der Waals surface area contributed by atoms with E-state index in [0.29, 0.717) is 11.5 Å². The van der Waals surface area contributed by atoms with Crippen molar-refractivity contribution in [1.82, 2.24) is 4.90 Å². The topological polar surface area (TPSA) is 41.6 Å². The lowest BCUT2D eigenvalue weighted by molar-refractivity contribution is 0.0211. The van der Waals surface area contributed by atoms with Crippen molar-refractivity contribution in [3.63, 3.8) is 0 Å². The number of guanidine groups is 1. The predicted octanol–water partition coefficient (Wildman–Crippen LogP) is 3.00. The van der Waals surface area contributed by atoms with Gasteiger partial charge >= 0.3 is 0 Å². The number of nitrogens with zero attached hydrogens (tertiary/aromatic N) is 2. The second-order valence-corrected chi connectivity index (χ2v) is 7.38. The van der Waals surface area contributed by atoms with Crippen molar-refractivity contribution in [3.8, 4) is 0 Å². The number of nitrogens with two attached hydrogens (primary N) is 1. The normalized spacial score (nSPS) is 36.8. The molecule has 2 N–H and O–H groups in total. The second kappa shape index (κ2) is 4.43. The number of hydrogen-bond acceptors (Lipinski definition) is 3. The standard InChI is InChI=1S/C15H29N3/c1-6-12(3)18-13(16)17-10-15(18)8-11(2)7-14(4,5)9-15/h11-12H,6-10H2,1-5H3,(H2,16,17). The molecular weight excluding hydrogens is 222 g/mol. The smallest absolute Gasteiger partial charge is 0.192 e. The minimum absolute atomic E-state index is 0.195. The van der Waals surface area contributed by atoms with Crippen LogP contribution in [0.5, 0.6) is 0 Å². The Hall–Kier alpha value is -0.730. The van der Waals surface area contributed by atoms with E-state index in [1.54, 1.807) is 0 Å². The minimum atomic E-state index is 0.195. The van der Waals surface area contributed by atoms with Gasteiger partial charge in [0.15, 0.2) is 5.96 Å². The van der Waals surface area contributed by atoms with Gasteiger partial charge in [-0.1, -0.05) is 27.7 Å². The maximum atomic E-state index is 6.17. The fraction of sp³-hybridized carbons (Fsp3) is 0.933. The molecule has 2 aliphatic rings. The molecule has 0 aromatic rings. The number of aliphatic imine (C=N–C) groups is 1. The molecule has 3 atom stereocenters. The molecule has 18 heavy (non-hydrogen) atoms. The molecule has 3 unspecified atom stereocenters. The van der Waals surface area contributed by atoms with E-state index in [4.69, 9.17) is 5.73 Å². The van der Waals surface area contributed by atoms with Gasteiger partial charge < -0.3 is 10.6 Å². The molecule has 1 fully saturated rings. The van der Waals surface area contributed by atoms with Crippen LogP contribution in [0.15, 0.2) is 4.99 Å². The van der Waals surface area contributed by atoms with Crippen LogP contribution in [0.2, 0.25) is 0 Å². The summed E-state index contributed by atoms with van der Waals surface area (Å²) in [6.07, 6.45) is 4.92. The van der Waals surface area contributed by atoms with Crippen molar-refractivity contribution in [2.45, 2.75) is 71.9 Å². The van der Waals surface area contributed by atoms with Gasteiger partial charge in [-0.2, -0.15) is 0 Å². The molecule has 1 spiro atoms. The minimum Gasteiger partial charge on any atom is -0.370 e. The Kier molecular flexibility index (Phi) is 3.37. The Labute approximate surface area is 112 Å². The Morgan fingerprint density at radius 3 is 2.67 bits per heavy atom. The average Bonchev–Trinajstić information content (AvgIpc) is 2.51. The van der Waals surface area contributed by atoms with Crippen LogP contribution in [0.1, 0.15) is 60.3 Å². The second-order valence-electron chi connectivity index (χ2n) is 7.38. The summed E-state index contributed by atoms with van der Waals surface area (Å²) in [4.78, 5) is 7.02. The van der Waals surface area contributed by atoms with E-state index >= 15 is 0 Å². The first-order valence-corrected chi connectivity index (χ1v) is 7.39. The predicted molar refractivity (Wildman–Crippen MR) is 77.6 cm³/mol. The molecule has 0 aromatic carbocycles. The highest BCUT2D eigenvalue weighted by Gasteiger charge is 2.50. The average molecular weight is 251 g/mol.